The first-order valence-electron chi connectivity index (χ1n) is 6.93. The molecule has 2 N–H and O–H groups in total. The number of nitrogens with two attached hydrogens (primary N) is 1. The van der Waals surface area contributed by atoms with Crippen LogP contribution in [0.3, 0.4) is 0 Å². The standard InChI is InChI=1S/C15H24N2O2/c1-18-14-5-6-15(19-2)12(11-14)10-13-4-3-8-17(13)9-7-16/h5-6,11,13H,3-4,7-10,16H2,1-2H3. The first-order valence-corrected chi connectivity index (χ1v) is 6.93. The highest BCUT2D eigenvalue weighted by molar-refractivity contribution is 5.40. The maximum Gasteiger partial charge on any atom is 0.122 e. The fraction of sp³-hybridized carbons (Fsp3) is 0.600. The van der Waals surface area contributed by atoms with Crippen molar-refractivity contribution in [3.8, 4) is 11.5 Å². The molecule has 1 atom stereocenters. The molecule has 0 bridgehead atoms. The zero-order chi connectivity index (χ0) is 13.7. The first kappa shape index (κ1) is 14.2. The van der Waals surface area contributed by atoms with Crippen molar-refractivity contribution >= 4 is 0 Å². The molecule has 0 aromatic heterocycles. The fourth-order valence-corrected chi connectivity index (χ4v) is 2.88. The van der Waals surface area contributed by atoms with E-state index in [4.69, 9.17) is 15.2 Å². The summed E-state index contributed by atoms with van der Waals surface area (Å²) in [5.74, 6) is 1.83. The molecule has 1 saturated heterocycles. The zero-order valence-corrected chi connectivity index (χ0v) is 11.9. The largest absolute Gasteiger partial charge is 0.497 e. The van der Waals surface area contributed by atoms with Gasteiger partial charge in [-0.3, -0.25) is 4.90 Å². The van der Waals surface area contributed by atoms with Crippen LogP contribution in [0.1, 0.15) is 18.4 Å². The number of nitrogens with zero attached hydrogens (tertiary/aromatic N) is 1. The quantitative estimate of drug-likeness (QED) is 0.849. The van der Waals surface area contributed by atoms with Gasteiger partial charge in [0.1, 0.15) is 11.5 Å². The highest BCUT2D eigenvalue weighted by Gasteiger charge is 2.25. The predicted octanol–water partition coefficient (Wildman–Crippen LogP) is 1.67. The van der Waals surface area contributed by atoms with E-state index in [1.54, 1.807) is 14.2 Å². The number of benzene rings is 1. The van der Waals surface area contributed by atoms with Gasteiger partial charge in [0.15, 0.2) is 0 Å². The van der Waals surface area contributed by atoms with Crippen LogP contribution in [0.5, 0.6) is 11.5 Å². The Morgan fingerprint density at radius 2 is 2.16 bits per heavy atom. The van der Waals surface area contributed by atoms with Gasteiger partial charge in [0.2, 0.25) is 0 Å². The van der Waals surface area contributed by atoms with Crippen molar-refractivity contribution in [1.29, 1.82) is 0 Å². The molecular formula is C15H24N2O2. The Bertz CT molecular complexity index is 409. The van der Waals surface area contributed by atoms with E-state index in [1.165, 1.54) is 18.4 Å². The first-order chi connectivity index (χ1) is 9.28. The lowest BCUT2D eigenvalue weighted by atomic mass is 10.0. The van der Waals surface area contributed by atoms with E-state index in [2.05, 4.69) is 11.0 Å². The van der Waals surface area contributed by atoms with E-state index < -0.39 is 0 Å². The minimum Gasteiger partial charge on any atom is -0.497 e. The highest BCUT2D eigenvalue weighted by atomic mass is 16.5. The third kappa shape index (κ3) is 3.39. The van der Waals surface area contributed by atoms with Crippen molar-refractivity contribution in [1.82, 2.24) is 4.90 Å². The third-order valence-electron chi connectivity index (χ3n) is 3.86. The molecule has 1 aliphatic rings. The predicted molar refractivity (Wildman–Crippen MR) is 76.9 cm³/mol. The molecule has 106 valence electrons. The van der Waals surface area contributed by atoms with Gasteiger partial charge < -0.3 is 15.2 Å². The van der Waals surface area contributed by atoms with Gasteiger partial charge in [-0.15, -0.1) is 0 Å². The Balaban J connectivity index is 2.12. The van der Waals surface area contributed by atoms with Crippen molar-refractivity contribution in [2.75, 3.05) is 33.9 Å². The number of hydrogen-bond acceptors (Lipinski definition) is 4. The van der Waals surface area contributed by atoms with Crippen molar-refractivity contribution in [2.24, 2.45) is 5.73 Å². The highest BCUT2D eigenvalue weighted by Crippen LogP contribution is 2.28. The van der Waals surface area contributed by atoms with Crippen LogP contribution in [0.15, 0.2) is 18.2 Å². The van der Waals surface area contributed by atoms with Gasteiger partial charge in [0, 0.05) is 19.1 Å². The van der Waals surface area contributed by atoms with Crippen LogP contribution in [0, 0.1) is 0 Å². The molecule has 0 radical (unpaired) electrons. The van der Waals surface area contributed by atoms with E-state index >= 15 is 0 Å². The number of methoxy groups -OCH3 is 2. The number of rotatable bonds is 6. The molecule has 0 amide bonds. The number of hydrogen-bond donors (Lipinski definition) is 1. The summed E-state index contributed by atoms with van der Waals surface area (Å²) in [5.41, 5.74) is 6.90. The van der Waals surface area contributed by atoms with E-state index in [-0.39, 0.29) is 0 Å². The summed E-state index contributed by atoms with van der Waals surface area (Å²) < 4.78 is 10.8. The van der Waals surface area contributed by atoms with Gasteiger partial charge in [-0.2, -0.15) is 0 Å². The number of ether oxygens (including phenoxy) is 2. The van der Waals surface area contributed by atoms with Crippen LogP contribution in [-0.2, 0) is 6.42 Å². The zero-order valence-electron chi connectivity index (χ0n) is 11.9. The summed E-state index contributed by atoms with van der Waals surface area (Å²) in [6.07, 6.45) is 3.50. The summed E-state index contributed by atoms with van der Waals surface area (Å²) in [7, 11) is 3.42. The monoisotopic (exact) mass is 264 g/mol. The molecular weight excluding hydrogens is 240 g/mol. The summed E-state index contributed by atoms with van der Waals surface area (Å²) in [6.45, 7) is 2.87. The van der Waals surface area contributed by atoms with E-state index in [9.17, 15) is 0 Å². The van der Waals surface area contributed by atoms with E-state index in [0.29, 0.717) is 6.04 Å². The summed E-state index contributed by atoms with van der Waals surface area (Å²) in [4.78, 5) is 2.49. The molecule has 1 aliphatic heterocycles. The molecule has 1 aromatic rings. The Kier molecular flexibility index (Phi) is 5.05. The Morgan fingerprint density at radius 1 is 1.32 bits per heavy atom. The molecule has 1 aromatic carbocycles. The lowest BCUT2D eigenvalue weighted by Gasteiger charge is -2.24. The van der Waals surface area contributed by atoms with Crippen molar-refractivity contribution in [3.63, 3.8) is 0 Å². The minimum absolute atomic E-state index is 0.574. The van der Waals surface area contributed by atoms with Crippen LogP contribution < -0.4 is 15.2 Å². The second-order valence-corrected chi connectivity index (χ2v) is 5.00. The van der Waals surface area contributed by atoms with Gasteiger partial charge in [0.05, 0.1) is 14.2 Å². The van der Waals surface area contributed by atoms with E-state index in [0.717, 1.165) is 37.6 Å². The van der Waals surface area contributed by atoms with Crippen LogP contribution in [-0.4, -0.2) is 44.8 Å². The molecule has 4 nitrogen and oxygen atoms in total. The average molecular weight is 264 g/mol. The van der Waals surface area contributed by atoms with Crippen molar-refractivity contribution < 1.29 is 9.47 Å². The maximum atomic E-state index is 5.68. The van der Waals surface area contributed by atoms with Crippen LogP contribution in [0.4, 0.5) is 0 Å². The van der Waals surface area contributed by atoms with Gasteiger partial charge in [-0.1, -0.05) is 0 Å². The van der Waals surface area contributed by atoms with Crippen molar-refractivity contribution in [3.05, 3.63) is 23.8 Å². The van der Waals surface area contributed by atoms with Crippen molar-refractivity contribution in [2.45, 2.75) is 25.3 Å². The average Bonchev–Trinajstić information content (AvgIpc) is 2.86. The molecule has 0 spiro atoms. The second kappa shape index (κ2) is 6.78. The SMILES string of the molecule is COc1ccc(OC)c(CC2CCCN2CCN)c1. The molecule has 1 unspecified atom stereocenters. The summed E-state index contributed by atoms with van der Waals surface area (Å²) in [5, 5.41) is 0. The molecule has 19 heavy (non-hydrogen) atoms. The normalized spacial score (nSPS) is 19.6. The Hall–Kier alpha value is -1.26. The fourth-order valence-electron chi connectivity index (χ4n) is 2.88. The number of likely N-dealkylation sites (tertiary alicyclic amines) is 1. The van der Waals surface area contributed by atoms with Crippen LogP contribution >= 0.6 is 0 Å². The van der Waals surface area contributed by atoms with Gasteiger partial charge in [0.25, 0.3) is 0 Å². The van der Waals surface area contributed by atoms with Crippen LogP contribution in [0.25, 0.3) is 0 Å². The summed E-state index contributed by atoms with van der Waals surface area (Å²) >= 11 is 0. The minimum atomic E-state index is 0.574. The van der Waals surface area contributed by atoms with Gasteiger partial charge in [-0.25, -0.2) is 0 Å². The molecule has 2 rings (SSSR count). The maximum absolute atomic E-state index is 5.68. The molecule has 1 heterocycles. The second-order valence-electron chi connectivity index (χ2n) is 5.00. The third-order valence-corrected chi connectivity index (χ3v) is 3.86. The summed E-state index contributed by atoms with van der Waals surface area (Å²) in [6, 6.07) is 6.58. The lowest BCUT2D eigenvalue weighted by Crippen LogP contribution is -2.35. The molecule has 0 aliphatic carbocycles. The Labute approximate surface area is 115 Å². The molecule has 4 heteroatoms. The lowest BCUT2D eigenvalue weighted by molar-refractivity contribution is 0.257. The Morgan fingerprint density at radius 3 is 2.84 bits per heavy atom. The van der Waals surface area contributed by atoms with Gasteiger partial charge in [-0.05, 0) is 49.6 Å². The van der Waals surface area contributed by atoms with Gasteiger partial charge >= 0.3 is 0 Å². The van der Waals surface area contributed by atoms with Crippen LogP contribution in [0.2, 0.25) is 0 Å². The smallest absolute Gasteiger partial charge is 0.122 e. The molecule has 0 saturated carbocycles. The van der Waals surface area contributed by atoms with E-state index in [1.807, 2.05) is 12.1 Å². The topological polar surface area (TPSA) is 47.7 Å². The molecule has 1 fully saturated rings.